The quantitative estimate of drug-likeness (QED) is 0.391. The van der Waals surface area contributed by atoms with Crippen LogP contribution < -0.4 is 20.1 Å². The molecule has 0 spiro atoms. The predicted molar refractivity (Wildman–Crippen MR) is 121 cm³/mol. The minimum atomic E-state index is -4.62. The first-order valence-electron chi connectivity index (χ1n) is 10.9. The lowest BCUT2D eigenvalue weighted by Crippen LogP contribution is -2.13. The zero-order chi connectivity index (χ0) is 23.3. The van der Waals surface area contributed by atoms with Crippen LogP contribution in [0.2, 0.25) is 0 Å². The first-order valence-corrected chi connectivity index (χ1v) is 10.9. The van der Waals surface area contributed by atoms with Gasteiger partial charge in [-0.05, 0) is 69.0 Å². The molecule has 1 aliphatic rings. The van der Waals surface area contributed by atoms with E-state index in [1.807, 2.05) is 12.1 Å². The fourth-order valence-corrected chi connectivity index (χ4v) is 3.67. The molecule has 1 saturated carbocycles. The average Bonchev–Trinajstić information content (AvgIpc) is 3.29. The van der Waals surface area contributed by atoms with E-state index in [1.54, 1.807) is 43.3 Å². The van der Waals surface area contributed by atoms with E-state index in [0.717, 1.165) is 24.8 Å². The van der Waals surface area contributed by atoms with Gasteiger partial charge in [0.05, 0.1) is 18.4 Å². The molecule has 9 heteroatoms. The number of rotatable bonds is 8. The topological polar surface area (TPSA) is 68.3 Å². The molecule has 174 valence electrons. The molecular weight excluding hydrogens is 433 g/mol. The van der Waals surface area contributed by atoms with Crippen LogP contribution in [0.1, 0.15) is 38.2 Å². The van der Waals surface area contributed by atoms with E-state index in [0.29, 0.717) is 23.7 Å². The Kier molecular flexibility index (Phi) is 6.86. The number of hydrogen-bond donors (Lipinski definition) is 2. The SMILES string of the molecule is CCOc1ccccc1Nc1nc(Nc2ccc(OC3CCCC3)cc2)ncc1C(F)(F)F. The van der Waals surface area contributed by atoms with Gasteiger partial charge in [-0.25, -0.2) is 4.98 Å². The third-order valence-corrected chi connectivity index (χ3v) is 5.25. The summed E-state index contributed by atoms with van der Waals surface area (Å²) in [7, 11) is 0. The summed E-state index contributed by atoms with van der Waals surface area (Å²) >= 11 is 0. The van der Waals surface area contributed by atoms with Crippen LogP contribution in [0.15, 0.2) is 54.7 Å². The number of para-hydroxylation sites is 2. The van der Waals surface area contributed by atoms with Gasteiger partial charge >= 0.3 is 6.18 Å². The van der Waals surface area contributed by atoms with Crippen molar-refractivity contribution in [2.45, 2.75) is 44.9 Å². The van der Waals surface area contributed by atoms with Crippen LogP contribution in [0, 0.1) is 0 Å². The molecular formula is C24H25F3N4O2. The summed E-state index contributed by atoms with van der Waals surface area (Å²) in [5.74, 6) is 0.854. The number of aromatic nitrogens is 2. The van der Waals surface area contributed by atoms with Gasteiger partial charge in [0.25, 0.3) is 0 Å². The zero-order valence-corrected chi connectivity index (χ0v) is 18.2. The molecule has 0 radical (unpaired) electrons. The maximum absolute atomic E-state index is 13.6. The fourth-order valence-electron chi connectivity index (χ4n) is 3.67. The Morgan fingerprint density at radius 3 is 2.42 bits per heavy atom. The van der Waals surface area contributed by atoms with E-state index in [1.165, 1.54) is 12.8 Å². The third kappa shape index (κ3) is 5.85. The van der Waals surface area contributed by atoms with Crippen LogP contribution in [0.5, 0.6) is 11.5 Å². The number of ether oxygens (including phenoxy) is 2. The number of halogens is 3. The van der Waals surface area contributed by atoms with Gasteiger partial charge in [0, 0.05) is 11.9 Å². The van der Waals surface area contributed by atoms with Crippen molar-refractivity contribution in [2.75, 3.05) is 17.2 Å². The van der Waals surface area contributed by atoms with Gasteiger partial charge in [0.15, 0.2) is 0 Å². The van der Waals surface area contributed by atoms with Crippen molar-refractivity contribution in [2.24, 2.45) is 0 Å². The van der Waals surface area contributed by atoms with Gasteiger partial charge in [-0.2, -0.15) is 18.2 Å². The van der Waals surface area contributed by atoms with Crippen LogP contribution >= 0.6 is 0 Å². The highest BCUT2D eigenvalue weighted by Crippen LogP contribution is 2.37. The van der Waals surface area contributed by atoms with Crippen LogP contribution in [-0.2, 0) is 6.18 Å². The molecule has 0 saturated heterocycles. The molecule has 33 heavy (non-hydrogen) atoms. The monoisotopic (exact) mass is 458 g/mol. The van der Waals surface area contributed by atoms with Crippen molar-refractivity contribution >= 4 is 23.1 Å². The summed E-state index contributed by atoms with van der Waals surface area (Å²) in [6, 6.07) is 14.0. The lowest BCUT2D eigenvalue weighted by atomic mass is 10.2. The minimum Gasteiger partial charge on any atom is -0.492 e. The number of benzene rings is 2. The van der Waals surface area contributed by atoms with Crippen molar-refractivity contribution in [3.8, 4) is 11.5 Å². The average molecular weight is 458 g/mol. The molecule has 1 aliphatic carbocycles. The smallest absolute Gasteiger partial charge is 0.421 e. The summed E-state index contributed by atoms with van der Waals surface area (Å²) in [5, 5.41) is 5.71. The molecule has 0 atom stereocenters. The lowest BCUT2D eigenvalue weighted by molar-refractivity contribution is -0.137. The number of anilines is 4. The van der Waals surface area contributed by atoms with E-state index in [9.17, 15) is 13.2 Å². The predicted octanol–water partition coefficient (Wildman–Crippen LogP) is 6.70. The van der Waals surface area contributed by atoms with E-state index in [2.05, 4.69) is 20.6 Å². The Bertz CT molecular complexity index is 1070. The Balaban J connectivity index is 1.54. The largest absolute Gasteiger partial charge is 0.492 e. The highest BCUT2D eigenvalue weighted by molar-refractivity contribution is 5.67. The normalized spacial score (nSPS) is 14.2. The summed E-state index contributed by atoms with van der Waals surface area (Å²) in [5.41, 5.74) is 0.0387. The van der Waals surface area contributed by atoms with Gasteiger partial charge in [-0.15, -0.1) is 0 Å². The Hall–Kier alpha value is -3.49. The number of nitrogens with zero attached hydrogens (tertiary/aromatic N) is 2. The summed E-state index contributed by atoms with van der Waals surface area (Å²) < 4.78 is 52.2. The van der Waals surface area contributed by atoms with E-state index in [-0.39, 0.29) is 17.9 Å². The van der Waals surface area contributed by atoms with Crippen molar-refractivity contribution in [1.82, 2.24) is 9.97 Å². The first-order chi connectivity index (χ1) is 15.9. The molecule has 2 aromatic carbocycles. The molecule has 0 bridgehead atoms. The molecule has 6 nitrogen and oxygen atoms in total. The molecule has 3 aromatic rings. The molecule has 4 rings (SSSR count). The van der Waals surface area contributed by atoms with Crippen LogP contribution in [0.25, 0.3) is 0 Å². The van der Waals surface area contributed by atoms with Gasteiger partial charge < -0.3 is 20.1 Å². The molecule has 1 aromatic heterocycles. The maximum atomic E-state index is 13.6. The maximum Gasteiger partial charge on any atom is 0.421 e. The molecule has 2 N–H and O–H groups in total. The number of hydrogen-bond acceptors (Lipinski definition) is 6. The van der Waals surface area contributed by atoms with Crippen molar-refractivity contribution in [3.63, 3.8) is 0 Å². The van der Waals surface area contributed by atoms with Gasteiger partial charge in [-0.3, -0.25) is 0 Å². The highest BCUT2D eigenvalue weighted by atomic mass is 19.4. The number of nitrogens with one attached hydrogen (secondary N) is 2. The minimum absolute atomic E-state index is 0.0313. The van der Waals surface area contributed by atoms with Crippen molar-refractivity contribution < 1.29 is 22.6 Å². The lowest BCUT2D eigenvalue weighted by Gasteiger charge is -2.17. The van der Waals surface area contributed by atoms with Gasteiger partial charge in [0.1, 0.15) is 22.9 Å². The molecule has 1 heterocycles. The fraction of sp³-hybridized carbons (Fsp3) is 0.333. The Morgan fingerprint density at radius 2 is 1.73 bits per heavy atom. The van der Waals surface area contributed by atoms with Crippen LogP contribution in [0.4, 0.5) is 36.3 Å². The van der Waals surface area contributed by atoms with E-state index < -0.39 is 11.7 Å². The molecule has 0 amide bonds. The first kappa shape index (κ1) is 22.7. The second-order valence-corrected chi connectivity index (χ2v) is 7.68. The molecule has 1 fully saturated rings. The Labute approximate surface area is 190 Å². The van der Waals surface area contributed by atoms with Crippen molar-refractivity contribution in [1.29, 1.82) is 0 Å². The van der Waals surface area contributed by atoms with Crippen LogP contribution in [0.3, 0.4) is 0 Å². The third-order valence-electron chi connectivity index (χ3n) is 5.25. The Morgan fingerprint density at radius 1 is 1.00 bits per heavy atom. The van der Waals surface area contributed by atoms with Crippen molar-refractivity contribution in [3.05, 3.63) is 60.3 Å². The second kappa shape index (κ2) is 9.97. The zero-order valence-electron chi connectivity index (χ0n) is 18.2. The number of alkyl halides is 3. The van der Waals surface area contributed by atoms with Crippen LogP contribution in [-0.4, -0.2) is 22.7 Å². The summed E-state index contributed by atoms with van der Waals surface area (Å²) in [6.07, 6.45) is 0.861. The summed E-state index contributed by atoms with van der Waals surface area (Å²) in [4.78, 5) is 7.96. The van der Waals surface area contributed by atoms with Gasteiger partial charge in [-0.1, -0.05) is 12.1 Å². The van der Waals surface area contributed by atoms with E-state index in [4.69, 9.17) is 9.47 Å². The standard InChI is InChI=1S/C24H25F3N4O2/c1-2-32-21-10-6-5-9-20(21)30-22-19(24(25,26)27)15-28-23(31-22)29-16-11-13-18(14-12-16)33-17-7-3-4-8-17/h5-6,9-15,17H,2-4,7-8H2,1H3,(H2,28,29,30,31). The second-order valence-electron chi connectivity index (χ2n) is 7.68. The summed E-state index contributed by atoms with van der Waals surface area (Å²) in [6.45, 7) is 2.18. The van der Waals surface area contributed by atoms with Gasteiger partial charge in [0.2, 0.25) is 5.95 Å². The highest BCUT2D eigenvalue weighted by Gasteiger charge is 2.35. The molecule has 0 aliphatic heterocycles. The molecule has 0 unspecified atom stereocenters. The van der Waals surface area contributed by atoms with E-state index >= 15 is 0 Å².